The average Bonchev–Trinajstić information content (AvgIpc) is 3.28. The zero-order valence-electron chi connectivity index (χ0n) is 41.3. The number of carbonyl (C=O) groups is 3. The van der Waals surface area contributed by atoms with Crippen LogP contribution in [0.3, 0.4) is 0 Å². The minimum atomic E-state index is -0.805. The molecule has 1 unspecified atom stereocenters. The van der Waals surface area contributed by atoms with Crippen molar-refractivity contribution in [3.05, 3.63) is 72.9 Å². The van der Waals surface area contributed by atoms with Crippen LogP contribution in [0.5, 0.6) is 0 Å². The molecule has 0 N–H and O–H groups in total. The van der Waals surface area contributed by atoms with Crippen molar-refractivity contribution in [1.29, 1.82) is 0 Å². The predicted octanol–water partition coefficient (Wildman–Crippen LogP) is 17.4. The summed E-state index contributed by atoms with van der Waals surface area (Å²) >= 11 is 0. The maximum Gasteiger partial charge on any atom is 0.306 e. The first kappa shape index (κ1) is 59.9. The molecule has 0 rings (SSSR count). The molecule has 6 heteroatoms. The van der Waals surface area contributed by atoms with Crippen LogP contribution in [0.15, 0.2) is 72.9 Å². The molecule has 0 spiro atoms. The lowest BCUT2D eigenvalue weighted by Crippen LogP contribution is -2.30. The molecule has 0 radical (unpaired) electrons. The lowest BCUT2D eigenvalue weighted by molar-refractivity contribution is -0.167. The maximum atomic E-state index is 12.8. The van der Waals surface area contributed by atoms with Gasteiger partial charge in [0.1, 0.15) is 13.2 Å². The van der Waals surface area contributed by atoms with Crippen LogP contribution in [0.1, 0.15) is 252 Å². The topological polar surface area (TPSA) is 78.9 Å². The molecule has 0 aromatic heterocycles. The number of unbranched alkanes of at least 4 members (excludes halogenated alkanes) is 24. The van der Waals surface area contributed by atoms with E-state index < -0.39 is 6.10 Å². The number of hydrogen-bond donors (Lipinski definition) is 0. The minimum Gasteiger partial charge on any atom is -0.462 e. The molecule has 0 bridgehead atoms. The van der Waals surface area contributed by atoms with Gasteiger partial charge >= 0.3 is 17.9 Å². The first-order chi connectivity index (χ1) is 31.0. The first-order valence-corrected chi connectivity index (χ1v) is 26.4. The summed E-state index contributed by atoms with van der Waals surface area (Å²) in [5.41, 5.74) is 0. The second kappa shape index (κ2) is 51.5. The lowest BCUT2D eigenvalue weighted by atomic mass is 10.1. The summed E-state index contributed by atoms with van der Waals surface area (Å²) in [7, 11) is 0. The van der Waals surface area contributed by atoms with Gasteiger partial charge in [0.2, 0.25) is 0 Å². The molecule has 362 valence electrons. The quantitative estimate of drug-likeness (QED) is 0.0262. The van der Waals surface area contributed by atoms with Gasteiger partial charge in [-0.25, -0.2) is 0 Å². The van der Waals surface area contributed by atoms with E-state index in [1.807, 2.05) is 0 Å². The van der Waals surface area contributed by atoms with Gasteiger partial charge in [0.05, 0.1) is 0 Å². The predicted molar refractivity (Wildman–Crippen MR) is 270 cm³/mol. The van der Waals surface area contributed by atoms with E-state index in [4.69, 9.17) is 14.2 Å². The molecule has 1 atom stereocenters. The van der Waals surface area contributed by atoms with Crippen molar-refractivity contribution in [3.8, 4) is 0 Å². The third-order valence-corrected chi connectivity index (χ3v) is 11.2. The summed E-state index contributed by atoms with van der Waals surface area (Å²) in [6, 6.07) is 0. The highest BCUT2D eigenvalue weighted by Gasteiger charge is 2.19. The minimum absolute atomic E-state index is 0.0992. The summed E-state index contributed by atoms with van der Waals surface area (Å²) < 4.78 is 16.7. The highest BCUT2D eigenvalue weighted by atomic mass is 16.6. The Morgan fingerprint density at radius 3 is 1.03 bits per heavy atom. The Kier molecular flexibility index (Phi) is 48.9. The molecule has 6 nitrogen and oxygen atoms in total. The molecule has 0 fully saturated rings. The first-order valence-electron chi connectivity index (χ1n) is 26.4. The van der Waals surface area contributed by atoms with Crippen molar-refractivity contribution in [2.45, 2.75) is 258 Å². The fourth-order valence-electron chi connectivity index (χ4n) is 7.24. The van der Waals surface area contributed by atoms with Crippen LogP contribution >= 0.6 is 0 Å². The Bertz CT molecular complexity index is 1190. The maximum absolute atomic E-state index is 12.8. The third-order valence-electron chi connectivity index (χ3n) is 11.2. The van der Waals surface area contributed by atoms with Gasteiger partial charge in [-0.15, -0.1) is 0 Å². The van der Waals surface area contributed by atoms with Crippen molar-refractivity contribution in [2.75, 3.05) is 13.2 Å². The van der Waals surface area contributed by atoms with Gasteiger partial charge in [-0.05, 0) is 83.5 Å². The molecular formula is C57H98O6. The second-order valence-corrected chi connectivity index (χ2v) is 17.4. The number of hydrogen-bond acceptors (Lipinski definition) is 6. The summed E-state index contributed by atoms with van der Waals surface area (Å²) in [4.78, 5) is 37.9. The molecular weight excluding hydrogens is 781 g/mol. The second-order valence-electron chi connectivity index (χ2n) is 17.4. The van der Waals surface area contributed by atoms with E-state index in [1.165, 1.54) is 122 Å². The Morgan fingerprint density at radius 2 is 0.635 bits per heavy atom. The third kappa shape index (κ3) is 49.7. The largest absolute Gasteiger partial charge is 0.462 e. The van der Waals surface area contributed by atoms with Crippen LogP contribution in [0.4, 0.5) is 0 Å². The van der Waals surface area contributed by atoms with Crippen LogP contribution in [0, 0.1) is 0 Å². The highest BCUT2D eigenvalue weighted by molar-refractivity contribution is 5.71. The number of ether oxygens (including phenoxy) is 3. The summed E-state index contributed by atoms with van der Waals surface area (Å²) in [6.45, 7) is 6.46. The number of carbonyl (C=O) groups excluding carboxylic acids is 3. The lowest BCUT2D eigenvalue weighted by Gasteiger charge is -2.18. The van der Waals surface area contributed by atoms with Gasteiger partial charge in [-0.2, -0.15) is 0 Å². The molecule has 0 saturated carbocycles. The number of allylic oxidation sites excluding steroid dienone is 12. The average molecular weight is 879 g/mol. The van der Waals surface area contributed by atoms with Crippen molar-refractivity contribution in [2.24, 2.45) is 0 Å². The van der Waals surface area contributed by atoms with Crippen LogP contribution in [0.2, 0.25) is 0 Å². The van der Waals surface area contributed by atoms with Crippen molar-refractivity contribution in [1.82, 2.24) is 0 Å². The van der Waals surface area contributed by atoms with E-state index in [0.717, 1.165) is 83.5 Å². The Morgan fingerprint density at radius 1 is 0.333 bits per heavy atom. The van der Waals surface area contributed by atoms with Crippen molar-refractivity contribution < 1.29 is 28.6 Å². The molecule has 0 amide bonds. The van der Waals surface area contributed by atoms with E-state index in [0.29, 0.717) is 19.3 Å². The fraction of sp³-hybridized carbons (Fsp3) is 0.737. The van der Waals surface area contributed by atoms with Gasteiger partial charge in [0.25, 0.3) is 0 Å². The Balaban J connectivity index is 4.43. The smallest absolute Gasteiger partial charge is 0.306 e. The Labute approximate surface area is 389 Å². The standard InChI is InChI=1S/C57H98O6/c1-4-7-10-13-16-19-22-24-26-28-30-31-33-35-38-41-44-47-50-56(59)62-53-54(52-61-55(58)49-46-43-40-37-21-18-15-12-9-6-3)63-57(60)51-48-45-42-39-36-34-32-29-27-25-23-20-17-14-11-8-5-2/h8,11,17,20,25,27,30-32,34,39,42,54H,4-7,9-10,12-16,18-19,21-24,26,28-29,33,35-38,40-41,43-53H2,1-3H3/b11-8-,20-17-,27-25-,31-30-,34-32-,42-39-. The zero-order chi connectivity index (χ0) is 45.8. The zero-order valence-corrected chi connectivity index (χ0v) is 41.3. The SMILES string of the molecule is CC/C=C\C/C=C\C/C=C\C/C=C\C/C=C\CCCC(=O)OC(COC(=O)CCCCCCC/C=C\CCCCCCCCCCC)COC(=O)CCCCCCCCCCCC. The molecule has 0 aliphatic rings. The van der Waals surface area contributed by atoms with Crippen LogP contribution in [-0.2, 0) is 28.6 Å². The molecule has 0 aromatic rings. The molecule has 63 heavy (non-hydrogen) atoms. The van der Waals surface area contributed by atoms with Crippen molar-refractivity contribution >= 4 is 17.9 Å². The van der Waals surface area contributed by atoms with E-state index in [1.54, 1.807) is 0 Å². The van der Waals surface area contributed by atoms with Gasteiger partial charge < -0.3 is 14.2 Å². The molecule has 0 aliphatic carbocycles. The van der Waals surface area contributed by atoms with Gasteiger partial charge in [0, 0.05) is 19.3 Å². The fourth-order valence-corrected chi connectivity index (χ4v) is 7.24. The monoisotopic (exact) mass is 879 g/mol. The molecule has 0 aliphatic heterocycles. The van der Waals surface area contributed by atoms with E-state index in [-0.39, 0.29) is 37.5 Å². The van der Waals surface area contributed by atoms with E-state index >= 15 is 0 Å². The van der Waals surface area contributed by atoms with Gasteiger partial charge in [-0.1, -0.05) is 222 Å². The summed E-state index contributed by atoms with van der Waals surface area (Å²) in [5.74, 6) is -0.965. The van der Waals surface area contributed by atoms with Crippen LogP contribution in [-0.4, -0.2) is 37.2 Å². The molecule has 0 aromatic carbocycles. The van der Waals surface area contributed by atoms with Gasteiger partial charge in [0.15, 0.2) is 6.10 Å². The van der Waals surface area contributed by atoms with Gasteiger partial charge in [-0.3, -0.25) is 14.4 Å². The van der Waals surface area contributed by atoms with E-state index in [9.17, 15) is 14.4 Å². The summed E-state index contributed by atoms with van der Waals surface area (Å²) in [6.07, 6.45) is 64.7. The van der Waals surface area contributed by atoms with Crippen LogP contribution < -0.4 is 0 Å². The summed E-state index contributed by atoms with van der Waals surface area (Å²) in [5, 5.41) is 0. The Hall–Kier alpha value is -3.15. The normalized spacial score (nSPS) is 12.6. The van der Waals surface area contributed by atoms with Crippen LogP contribution in [0.25, 0.3) is 0 Å². The highest BCUT2D eigenvalue weighted by Crippen LogP contribution is 2.14. The van der Waals surface area contributed by atoms with Crippen molar-refractivity contribution in [3.63, 3.8) is 0 Å². The number of esters is 3. The number of rotatable bonds is 47. The molecule has 0 saturated heterocycles. The van der Waals surface area contributed by atoms with E-state index in [2.05, 4.69) is 93.7 Å². The molecule has 0 heterocycles.